The fourth-order valence-electron chi connectivity index (χ4n) is 2.13. The van der Waals surface area contributed by atoms with E-state index in [1.807, 2.05) is 6.07 Å². The molecule has 0 radical (unpaired) electrons. The van der Waals surface area contributed by atoms with E-state index in [1.165, 1.54) is 6.07 Å². The van der Waals surface area contributed by atoms with E-state index < -0.39 is 5.82 Å². The van der Waals surface area contributed by atoms with Gasteiger partial charge in [-0.3, -0.25) is 0 Å². The summed E-state index contributed by atoms with van der Waals surface area (Å²) >= 11 is 0. The van der Waals surface area contributed by atoms with E-state index in [-0.39, 0.29) is 5.56 Å². The van der Waals surface area contributed by atoms with E-state index in [1.54, 1.807) is 12.1 Å². The second kappa shape index (κ2) is 5.15. The Balaban J connectivity index is 2.09. The minimum Gasteiger partial charge on any atom is -0.381 e. The van der Waals surface area contributed by atoms with Crippen molar-refractivity contribution in [1.29, 1.82) is 5.26 Å². The first-order valence-electron chi connectivity index (χ1n) is 5.84. The molecule has 4 heteroatoms. The third-order valence-electron chi connectivity index (χ3n) is 3.20. The quantitative estimate of drug-likeness (QED) is 0.851. The van der Waals surface area contributed by atoms with Gasteiger partial charge in [0.05, 0.1) is 5.69 Å². The molecule has 1 N–H and O–H groups in total. The molecule has 0 aliphatic carbocycles. The van der Waals surface area contributed by atoms with E-state index in [9.17, 15) is 4.39 Å². The van der Waals surface area contributed by atoms with Gasteiger partial charge in [-0.15, -0.1) is 0 Å². The standard InChI is InChI=1S/C13H16FN3/c1-17-7-5-10(6-8-17)16-13-4-2-3-12(14)11(13)9-15/h2-4,10,16H,5-8H2,1H3. The molecule has 1 fully saturated rings. The van der Waals surface area contributed by atoms with Crippen molar-refractivity contribution in [3.05, 3.63) is 29.6 Å². The van der Waals surface area contributed by atoms with Gasteiger partial charge in [-0.1, -0.05) is 6.07 Å². The predicted octanol–water partition coefficient (Wildman–Crippen LogP) is 2.20. The third-order valence-corrected chi connectivity index (χ3v) is 3.20. The van der Waals surface area contributed by atoms with Crippen molar-refractivity contribution in [2.45, 2.75) is 18.9 Å². The van der Waals surface area contributed by atoms with E-state index in [4.69, 9.17) is 5.26 Å². The molecule has 1 aliphatic heterocycles. The van der Waals surface area contributed by atoms with Crippen LogP contribution in [0.2, 0.25) is 0 Å². The van der Waals surface area contributed by atoms with Gasteiger partial charge in [0.1, 0.15) is 17.4 Å². The van der Waals surface area contributed by atoms with Gasteiger partial charge >= 0.3 is 0 Å². The summed E-state index contributed by atoms with van der Waals surface area (Å²) < 4.78 is 13.4. The lowest BCUT2D eigenvalue weighted by Crippen LogP contribution is -2.36. The molecule has 0 saturated carbocycles. The molecule has 1 saturated heterocycles. The SMILES string of the molecule is CN1CCC(Nc2cccc(F)c2C#N)CC1. The fraction of sp³-hybridized carbons (Fsp3) is 0.462. The van der Waals surface area contributed by atoms with Gasteiger partial charge in [-0.25, -0.2) is 4.39 Å². The number of halogens is 1. The van der Waals surface area contributed by atoms with E-state index in [0.717, 1.165) is 25.9 Å². The summed E-state index contributed by atoms with van der Waals surface area (Å²) in [5, 5.41) is 12.2. The Hall–Kier alpha value is -1.60. The molecule has 0 bridgehead atoms. The van der Waals surface area contributed by atoms with E-state index >= 15 is 0 Å². The molecular weight excluding hydrogens is 217 g/mol. The second-order valence-corrected chi connectivity index (χ2v) is 4.50. The lowest BCUT2D eigenvalue weighted by atomic mass is 10.0. The van der Waals surface area contributed by atoms with Gasteiger partial charge in [0.25, 0.3) is 0 Å². The molecule has 90 valence electrons. The number of hydrogen-bond acceptors (Lipinski definition) is 3. The van der Waals surface area contributed by atoms with E-state index in [0.29, 0.717) is 11.7 Å². The zero-order chi connectivity index (χ0) is 12.3. The van der Waals surface area contributed by atoms with Crippen molar-refractivity contribution in [2.24, 2.45) is 0 Å². The molecule has 0 unspecified atom stereocenters. The Labute approximate surface area is 101 Å². The Morgan fingerprint density at radius 2 is 2.12 bits per heavy atom. The number of anilines is 1. The van der Waals surface area contributed by atoms with Crippen molar-refractivity contribution >= 4 is 5.69 Å². The summed E-state index contributed by atoms with van der Waals surface area (Å²) in [6.45, 7) is 2.07. The highest BCUT2D eigenvalue weighted by atomic mass is 19.1. The average molecular weight is 233 g/mol. The van der Waals surface area contributed by atoms with Crippen LogP contribution in [-0.4, -0.2) is 31.1 Å². The number of benzene rings is 1. The van der Waals surface area contributed by atoms with Crippen LogP contribution in [0.15, 0.2) is 18.2 Å². The molecule has 1 heterocycles. The maximum Gasteiger partial charge on any atom is 0.143 e. The summed E-state index contributed by atoms with van der Waals surface area (Å²) in [6.07, 6.45) is 2.05. The molecule has 1 aromatic rings. The maximum absolute atomic E-state index is 13.4. The molecular formula is C13H16FN3. The van der Waals surface area contributed by atoms with Crippen LogP contribution in [0.3, 0.4) is 0 Å². The van der Waals surface area contributed by atoms with Crippen molar-refractivity contribution in [1.82, 2.24) is 4.90 Å². The van der Waals surface area contributed by atoms with Crippen molar-refractivity contribution in [3.63, 3.8) is 0 Å². The van der Waals surface area contributed by atoms with Crippen LogP contribution in [0.5, 0.6) is 0 Å². The molecule has 2 rings (SSSR count). The van der Waals surface area contributed by atoms with Crippen molar-refractivity contribution in [2.75, 3.05) is 25.5 Å². The van der Waals surface area contributed by atoms with Gasteiger partial charge in [0, 0.05) is 6.04 Å². The van der Waals surface area contributed by atoms with Gasteiger partial charge in [0.15, 0.2) is 0 Å². The molecule has 1 aliphatic rings. The lowest BCUT2D eigenvalue weighted by Gasteiger charge is -2.30. The number of piperidine rings is 1. The number of nitriles is 1. The third kappa shape index (κ3) is 2.75. The minimum absolute atomic E-state index is 0.117. The molecule has 0 amide bonds. The maximum atomic E-state index is 13.4. The Kier molecular flexibility index (Phi) is 3.60. The van der Waals surface area contributed by atoms with Crippen LogP contribution < -0.4 is 5.32 Å². The first-order valence-corrected chi connectivity index (χ1v) is 5.84. The average Bonchev–Trinajstić information content (AvgIpc) is 2.32. The zero-order valence-electron chi connectivity index (χ0n) is 9.91. The Morgan fingerprint density at radius 3 is 2.76 bits per heavy atom. The fourth-order valence-corrected chi connectivity index (χ4v) is 2.13. The normalized spacial score (nSPS) is 17.7. The van der Waals surface area contributed by atoms with Gasteiger partial charge < -0.3 is 10.2 Å². The van der Waals surface area contributed by atoms with Gasteiger partial charge in [-0.05, 0) is 45.1 Å². The number of rotatable bonds is 2. The van der Waals surface area contributed by atoms with Crippen molar-refractivity contribution < 1.29 is 4.39 Å². The van der Waals surface area contributed by atoms with Gasteiger partial charge in [-0.2, -0.15) is 5.26 Å². The Bertz CT molecular complexity index is 431. The molecule has 0 spiro atoms. The molecule has 0 atom stereocenters. The molecule has 0 aromatic heterocycles. The minimum atomic E-state index is -0.453. The van der Waals surface area contributed by atoms with Crippen LogP contribution in [0, 0.1) is 17.1 Å². The topological polar surface area (TPSA) is 39.1 Å². The highest BCUT2D eigenvalue weighted by Crippen LogP contribution is 2.21. The zero-order valence-corrected chi connectivity index (χ0v) is 9.91. The first kappa shape index (κ1) is 11.9. The number of nitrogens with zero attached hydrogens (tertiary/aromatic N) is 2. The molecule has 1 aromatic carbocycles. The number of nitrogens with one attached hydrogen (secondary N) is 1. The van der Waals surface area contributed by atoms with Crippen LogP contribution in [-0.2, 0) is 0 Å². The van der Waals surface area contributed by atoms with Crippen LogP contribution in [0.1, 0.15) is 18.4 Å². The number of hydrogen-bond donors (Lipinski definition) is 1. The van der Waals surface area contributed by atoms with Crippen LogP contribution in [0.25, 0.3) is 0 Å². The largest absolute Gasteiger partial charge is 0.381 e. The van der Waals surface area contributed by atoms with E-state index in [2.05, 4.69) is 17.3 Å². The molecule has 3 nitrogen and oxygen atoms in total. The summed E-state index contributed by atoms with van der Waals surface area (Å²) in [5.41, 5.74) is 0.730. The van der Waals surface area contributed by atoms with Crippen LogP contribution in [0.4, 0.5) is 10.1 Å². The highest BCUT2D eigenvalue weighted by Gasteiger charge is 2.18. The molecule has 17 heavy (non-hydrogen) atoms. The smallest absolute Gasteiger partial charge is 0.143 e. The van der Waals surface area contributed by atoms with Crippen LogP contribution >= 0.6 is 0 Å². The van der Waals surface area contributed by atoms with Crippen molar-refractivity contribution in [3.8, 4) is 6.07 Å². The monoisotopic (exact) mass is 233 g/mol. The summed E-state index contributed by atoms with van der Waals surface area (Å²) in [4.78, 5) is 2.27. The Morgan fingerprint density at radius 1 is 1.41 bits per heavy atom. The van der Waals surface area contributed by atoms with Gasteiger partial charge in [0.2, 0.25) is 0 Å². The summed E-state index contributed by atoms with van der Waals surface area (Å²) in [6, 6.07) is 6.96. The summed E-state index contributed by atoms with van der Waals surface area (Å²) in [7, 11) is 2.10. The predicted molar refractivity (Wildman–Crippen MR) is 65.3 cm³/mol. The number of likely N-dealkylation sites (tertiary alicyclic amines) is 1. The first-order chi connectivity index (χ1) is 8.20. The summed E-state index contributed by atoms with van der Waals surface area (Å²) in [5.74, 6) is -0.453. The highest BCUT2D eigenvalue weighted by molar-refractivity contribution is 5.58. The second-order valence-electron chi connectivity index (χ2n) is 4.50. The lowest BCUT2D eigenvalue weighted by molar-refractivity contribution is 0.264.